The van der Waals surface area contributed by atoms with Crippen LogP contribution >= 0.6 is 0 Å². The second kappa shape index (κ2) is 2.29. The highest BCUT2D eigenvalue weighted by Crippen LogP contribution is 2.65. The summed E-state index contributed by atoms with van der Waals surface area (Å²) in [6.07, 6.45) is 3.70. The molecule has 2 bridgehead atoms. The molecule has 0 amide bonds. The first kappa shape index (κ1) is 9.05. The minimum Gasteiger partial charge on any atom is -0.0992 e. The van der Waals surface area contributed by atoms with E-state index in [0.29, 0.717) is 10.8 Å². The summed E-state index contributed by atoms with van der Waals surface area (Å²) in [6, 6.07) is 0. The van der Waals surface area contributed by atoms with Crippen LogP contribution in [0.25, 0.3) is 0 Å². The first-order valence-electron chi connectivity index (χ1n) is 5.25. The Morgan fingerprint density at radius 2 is 1.85 bits per heavy atom. The van der Waals surface area contributed by atoms with Crippen LogP contribution in [0.5, 0.6) is 0 Å². The Kier molecular flexibility index (Phi) is 1.59. The number of hydrogen-bond donors (Lipinski definition) is 0. The van der Waals surface area contributed by atoms with Gasteiger partial charge in [-0.15, -0.1) is 0 Å². The maximum absolute atomic E-state index is 4.25. The van der Waals surface area contributed by atoms with E-state index in [2.05, 4.69) is 33.9 Å². The van der Waals surface area contributed by atoms with Crippen LogP contribution in [0.1, 0.15) is 40.0 Å². The van der Waals surface area contributed by atoms with Crippen LogP contribution in [0.15, 0.2) is 24.3 Å². The topological polar surface area (TPSA) is 0 Å². The lowest BCUT2D eigenvalue weighted by Gasteiger charge is -2.48. The van der Waals surface area contributed by atoms with Crippen molar-refractivity contribution < 1.29 is 0 Å². The van der Waals surface area contributed by atoms with E-state index < -0.39 is 0 Å². The molecule has 0 heterocycles. The molecular formula is C13H20. The lowest BCUT2D eigenvalue weighted by molar-refractivity contribution is 0.119. The van der Waals surface area contributed by atoms with Gasteiger partial charge in [0.1, 0.15) is 0 Å². The zero-order valence-electron chi connectivity index (χ0n) is 9.11. The smallest absolute Gasteiger partial charge is 0.00588 e. The van der Waals surface area contributed by atoms with Crippen LogP contribution in [-0.4, -0.2) is 0 Å². The molecule has 13 heavy (non-hydrogen) atoms. The molecule has 0 spiro atoms. The number of rotatable bonds is 0. The zero-order valence-corrected chi connectivity index (χ0v) is 9.11. The van der Waals surface area contributed by atoms with E-state index in [1.807, 2.05) is 0 Å². The highest BCUT2D eigenvalue weighted by molar-refractivity contribution is 5.33. The van der Waals surface area contributed by atoms with Gasteiger partial charge >= 0.3 is 0 Å². The van der Waals surface area contributed by atoms with E-state index in [9.17, 15) is 0 Å². The third-order valence-electron chi connectivity index (χ3n) is 4.94. The van der Waals surface area contributed by atoms with Gasteiger partial charge in [0, 0.05) is 0 Å². The van der Waals surface area contributed by atoms with Crippen molar-refractivity contribution in [3.63, 3.8) is 0 Å². The third kappa shape index (κ3) is 0.868. The lowest BCUT2D eigenvalue weighted by Crippen LogP contribution is -2.39. The van der Waals surface area contributed by atoms with E-state index >= 15 is 0 Å². The summed E-state index contributed by atoms with van der Waals surface area (Å²) in [6.45, 7) is 15.6. The fraction of sp³-hybridized carbons (Fsp3) is 0.692. The summed E-state index contributed by atoms with van der Waals surface area (Å²) in [5.74, 6) is 0.739. The van der Waals surface area contributed by atoms with Crippen molar-refractivity contribution in [2.24, 2.45) is 16.7 Å². The van der Waals surface area contributed by atoms with Crippen molar-refractivity contribution in [3.05, 3.63) is 24.3 Å². The normalized spacial score (nSPS) is 42.5. The van der Waals surface area contributed by atoms with Gasteiger partial charge in [0.15, 0.2) is 0 Å². The van der Waals surface area contributed by atoms with Gasteiger partial charge in [-0.2, -0.15) is 0 Å². The predicted octanol–water partition coefficient (Wildman–Crippen LogP) is 3.95. The third-order valence-corrected chi connectivity index (χ3v) is 4.94. The summed E-state index contributed by atoms with van der Waals surface area (Å²) >= 11 is 0. The molecular weight excluding hydrogens is 156 g/mol. The highest BCUT2D eigenvalue weighted by Gasteiger charge is 2.56. The van der Waals surface area contributed by atoms with Gasteiger partial charge in [0.25, 0.3) is 0 Å². The average Bonchev–Trinajstić information content (AvgIpc) is 2.16. The molecule has 0 aliphatic heterocycles. The van der Waals surface area contributed by atoms with Crippen molar-refractivity contribution >= 4 is 0 Å². The molecule has 0 saturated heterocycles. The van der Waals surface area contributed by atoms with Crippen LogP contribution in [0.2, 0.25) is 0 Å². The number of allylic oxidation sites excluding steroid dienone is 2. The molecule has 2 atom stereocenters. The van der Waals surface area contributed by atoms with Crippen molar-refractivity contribution in [1.82, 2.24) is 0 Å². The summed E-state index contributed by atoms with van der Waals surface area (Å²) < 4.78 is 0. The molecule has 0 radical (unpaired) electrons. The summed E-state index contributed by atoms with van der Waals surface area (Å²) in [4.78, 5) is 0. The molecule has 2 aliphatic carbocycles. The van der Waals surface area contributed by atoms with E-state index in [1.54, 1.807) is 0 Å². The Hall–Kier alpha value is -0.520. The molecule has 0 aromatic carbocycles. The standard InChI is InChI=1S/C13H20/c1-9-8-10(2)13(5)7-6-11(9)12(13,3)4/h11H,1-2,6-8H2,3-5H3. The minimum absolute atomic E-state index is 0.374. The predicted molar refractivity (Wildman–Crippen MR) is 57.5 cm³/mol. The van der Waals surface area contributed by atoms with Crippen LogP contribution in [0.3, 0.4) is 0 Å². The fourth-order valence-corrected chi connectivity index (χ4v) is 3.44. The maximum atomic E-state index is 4.25. The molecule has 0 aromatic rings. The van der Waals surface area contributed by atoms with E-state index in [-0.39, 0.29) is 0 Å². The van der Waals surface area contributed by atoms with Crippen LogP contribution in [0.4, 0.5) is 0 Å². The fourth-order valence-electron chi connectivity index (χ4n) is 3.44. The molecule has 0 aromatic heterocycles. The van der Waals surface area contributed by atoms with E-state index in [4.69, 9.17) is 0 Å². The van der Waals surface area contributed by atoms with Gasteiger partial charge in [0.05, 0.1) is 0 Å². The first-order chi connectivity index (χ1) is 5.89. The molecule has 0 nitrogen and oxygen atoms in total. The average molecular weight is 176 g/mol. The van der Waals surface area contributed by atoms with E-state index in [0.717, 1.165) is 12.3 Å². The molecule has 2 rings (SSSR count). The molecule has 2 unspecified atom stereocenters. The summed E-state index contributed by atoms with van der Waals surface area (Å²) in [7, 11) is 0. The molecule has 2 fully saturated rings. The number of fused-ring (bicyclic) bond motifs is 2. The van der Waals surface area contributed by atoms with Gasteiger partial charge in [0.2, 0.25) is 0 Å². The summed E-state index contributed by atoms with van der Waals surface area (Å²) in [5, 5.41) is 0. The molecule has 2 aliphatic rings. The Morgan fingerprint density at radius 1 is 1.23 bits per heavy atom. The van der Waals surface area contributed by atoms with Gasteiger partial charge in [-0.25, -0.2) is 0 Å². The SMILES string of the molecule is C=C1CC(=C)C2(C)CCC1C2(C)C. The summed E-state index contributed by atoms with van der Waals surface area (Å²) in [5.41, 5.74) is 3.60. The number of hydrogen-bond acceptors (Lipinski definition) is 0. The maximum Gasteiger partial charge on any atom is -0.00588 e. The molecule has 0 N–H and O–H groups in total. The zero-order chi connectivity index (χ0) is 9.85. The van der Waals surface area contributed by atoms with Gasteiger partial charge in [-0.1, -0.05) is 45.1 Å². The lowest BCUT2D eigenvalue weighted by atomic mass is 9.56. The van der Waals surface area contributed by atoms with Crippen molar-refractivity contribution in [3.8, 4) is 0 Å². The second-order valence-corrected chi connectivity index (χ2v) is 5.58. The van der Waals surface area contributed by atoms with E-state index in [1.165, 1.54) is 24.0 Å². The Morgan fingerprint density at radius 3 is 2.46 bits per heavy atom. The quantitative estimate of drug-likeness (QED) is 0.490. The van der Waals surface area contributed by atoms with Gasteiger partial charge in [-0.3, -0.25) is 0 Å². The van der Waals surface area contributed by atoms with Crippen LogP contribution < -0.4 is 0 Å². The second-order valence-electron chi connectivity index (χ2n) is 5.58. The van der Waals surface area contributed by atoms with Gasteiger partial charge < -0.3 is 0 Å². The Balaban J connectivity index is 2.51. The minimum atomic E-state index is 0.374. The van der Waals surface area contributed by atoms with Crippen LogP contribution in [0, 0.1) is 16.7 Å². The van der Waals surface area contributed by atoms with Crippen molar-refractivity contribution in [1.29, 1.82) is 0 Å². The Labute approximate surface area is 81.7 Å². The van der Waals surface area contributed by atoms with Crippen molar-refractivity contribution in [2.45, 2.75) is 40.0 Å². The van der Waals surface area contributed by atoms with Crippen molar-refractivity contribution in [2.75, 3.05) is 0 Å². The first-order valence-corrected chi connectivity index (χ1v) is 5.25. The molecule has 0 heteroatoms. The van der Waals surface area contributed by atoms with Crippen LogP contribution in [-0.2, 0) is 0 Å². The highest BCUT2D eigenvalue weighted by atomic mass is 14.6. The monoisotopic (exact) mass is 176 g/mol. The largest absolute Gasteiger partial charge is 0.0992 e. The molecule has 2 saturated carbocycles. The van der Waals surface area contributed by atoms with Gasteiger partial charge in [-0.05, 0) is 36.0 Å². The Bertz CT molecular complexity index is 282. The molecule has 72 valence electrons.